The molecule has 0 aliphatic heterocycles. The second-order valence-corrected chi connectivity index (χ2v) is 4.30. The molecule has 2 nitrogen and oxygen atoms in total. The highest BCUT2D eigenvalue weighted by molar-refractivity contribution is 5.27. The molecule has 2 N–H and O–H groups in total. The summed E-state index contributed by atoms with van der Waals surface area (Å²) in [6.07, 6.45) is -0.456. The number of halogens is 2. The van der Waals surface area contributed by atoms with Gasteiger partial charge in [0.15, 0.2) is 0 Å². The van der Waals surface area contributed by atoms with Gasteiger partial charge in [-0.05, 0) is 23.3 Å². The van der Waals surface area contributed by atoms with Crippen LogP contribution in [0, 0.1) is 11.6 Å². The Labute approximate surface area is 110 Å². The summed E-state index contributed by atoms with van der Waals surface area (Å²) in [6, 6.07) is 12.0. The Morgan fingerprint density at radius 3 is 2.05 bits per heavy atom. The second kappa shape index (κ2) is 5.91. The van der Waals surface area contributed by atoms with Crippen LogP contribution in [0.25, 0.3) is 0 Å². The van der Waals surface area contributed by atoms with E-state index in [9.17, 15) is 8.78 Å². The Bertz CT molecular complexity index is 525. The number of rotatable bonds is 4. The molecule has 2 aromatic carbocycles. The molecule has 2 unspecified atom stereocenters. The summed E-state index contributed by atoms with van der Waals surface area (Å²) in [5.74, 6) is -1.29. The summed E-state index contributed by atoms with van der Waals surface area (Å²) < 4.78 is 31.8. The lowest BCUT2D eigenvalue weighted by atomic mass is 9.96. The van der Waals surface area contributed by atoms with Gasteiger partial charge in [-0.2, -0.15) is 0 Å². The van der Waals surface area contributed by atoms with E-state index in [1.807, 2.05) is 30.3 Å². The lowest BCUT2D eigenvalue weighted by molar-refractivity contribution is 0.0800. The Morgan fingerprint density at radius 2 is 1.53 bits per heavy atom. The first kappa shape index (κ1) is 13.6. The minimum Gasteiger partial charge on any atom is -0.375 e. The van der Waals surface area contributed by atoms with E-state index in [1.54, 1.807) is 0 Å². The SMILES string of the molecule is COC(c1ccccc1)C(N)c1cc(F)cc(F)c1. The molecule has 0 fully saturated rings. The molecule has 0 saturated heterocycles. The average molecular weight is 263 g/mol. The van der Waals surface area contributed by atoms with Crippen LogP contribution in [0.3, 0.4) is 0 Å². The van der Waals surface area contributed by atoms with Crippen molar-refractivity contribution in [3.05, 3.63) is 71.3 Å². The molecule has 100 valence electrons. The highest BCUT2D eigenvalue weighted by atomic mass is 19.1. The monoisotopic (exact) mass is 263 g/mol. The Balaban J connectivity index is 2.33. The third-order valence-electron chi connectivity index (χ3n) is 2.98. The maximum Gasteiger partial charge on any atom is 0.126 e. The summed E-state index contributed by atoms with van der Waals surface area (Å²) in [5, 5.41) is 0. The van der Waals surface area contributed by atoms with Gasteiger partial charge in [0.2, 0.25) is 0 Å². The minimum absolute atomic E-state index is 0.369. The van der Waals surface area contributed by atoms with Gasteiger partial charge in [-0.15, -0.1) is 0 Å². The first-order valence-corrected chi connectivity index (χ1v) is 5.91. The molecule has 0 bridgehead atoms. The predicted molar refractivity (Wildman–Crippen MR) is 69.5 cm³/mol. The van der Waals surface area contributed by atoms with E-state index in [4.69, 9.17) is 10.5 Å². The van der Waals surface area contributed by atoms with Gasteiger partial charge >= 0.3 is 0 Å². The van der Waals surface area contributed by atoms with Crippen molar-refractivity contribution in [1.82, 2.24) is 0 Å². The van der Waals surface area contributed by atoms with Gasteiger partial charge < -0.3 is 10.5 Å². The largest absolute Gasteiger partial charge is 0.375 e. The number of hydrogen-bond donors (Lipinski definition) is 1. The maximum absolute atomic E-state index is 13.2. The van der Waals surface area contributed by atoms with Crippen LogP contribution in [0.5, 0.6) is 0 Å². The van der Waals surface area contributed by atoms with Crippen molar-refractivity contribution in [3.8, 4) is 0 Å². The first-order valence-electron chi connectivity index (χ1n) is 5.91. The van der Waals surface area contributed by atoms with E-state index in [-0.39, 0.29) is 0 Å². The summed E-state index contributed by atoms with van der Waals surface area (Å²) in [5.41, 5.74) is 7.29. The van der Waals surface area contributed by atoms with Crippen LogP contribution in [-0.2, 0) is 4.74 Å². The van der Waals surface area contributed by atoms with Gasteiger partial charge in [0.1, 0.15) is 17.7 Å². The Kier molecular flexibility index (Phi) is 4.24. The summed E-state index contributed by atoms with van der Waals surface area (Å²) in [7, 11) is 1.52. The highest BCUT2D eigenvalue weighted by Crippen LogP contribution is 2.30. The van der Waals surface area contributed by atoms with E-state index in [1.165, 1.54) is 19.2 Å². The smallest absolute Gasteiger partial charge is 0.126 e. The standard InChI is InChI=1S/C15H15F2NO/c1-19-15(10-5-3-2-4-6-10)14(18)11-7-12(16)9-13(17)8-11/h2-9,14-15H,18H2,1H3. The first-order chi connectivity index (χ1) is 9.11. The quantitative estimate of drug-likeness (QED) is 0.918. The summed E-state index contributed by atoms with van der Waals surface area (Å²) in [4.78, 5) is 0. The van der Waals surface area contributed by atoms with Gasteiger partial charge in [0, 0.05) is 13.2 Å². The molecule has 0 aliphatic carbocycles. The van der Waals surface area contributed by atoms with Crippen LogP contribution in [0.15, 0.2) is 48.5 Å². The lowest BCUT2D eigenvalue weighted by Gasteiger charge is -2.23. The second-order valence-electron chi connectivity index (χ2n) is 4.30. The molecule has 0 heterocycles. The van der Waals surface area contributed by atoms with Crippen LogP contribution in [0.2, 0.25) is 0 Å². The van der Waals surface area contributed by atoms with Gasteiger partial charge in [0.25, 0.3) is 0 Å². The molecule has 2 atom stereocenters. The number of nitrogens with two attached hydrogens (primary N) is 1. The van der Waals surface area contributed by atoms with Gasteiger partial charge in [-0.25, -0.2) is 8.78 Å². The average Bonchev–Trinajstić information content (AvgIpc) is 2.39. The molecule has 0 radical (unpaired) electrons. The molecule has 2 rings (SSSR count). The normalized spacial score (nSPS) is 14.1. The zero-order valence-corrected chi connectivity index (χ0v) is 10.5. The van der Waals surface area contributed by atoms with Gasteiger partial charge in [0.05, 0.1) is 6.04 Å². The van der Waals surface area contributed by atoms with Crippen LogP contribution in [-0.4, -0.2) is 7.11 Å². The summed E-state index contributed by atoms with van der Waals surface area (Å²) in [6.45, 7) is 0. The van der Waals surface area contributed by atoms with Crippen LogP contribution >= 0.6 is 0 Å². The van der Waals surface area contributed by atoms with Crippen LogP contribution in [0.4, 0.5) is 8.78 Å². The molecular formula is C15H15F2NO. The number of benzene rings is 2. The van der Waals surface area contributed by atoms with E-state index in [2.05, 4.69) is 0 Å². The zero-order chi connectivity index (χ0) is 13.8. The fourth-order valence-corrected chi connectivity index (χ4v) is 2.08. The van der Waals surface area contributed by atoms with Crippen LogP contribution in [0.1, 0.15) is 23.3 Å². The molecule has 4 heteroatoms. The van der Waals surface area contributed by atoms with Crippen molar-refractivity contribution in [2.45, 2.75) is 12.1 Å². The molecule has 0 amide bonds. The van der Waals surface area contributed by atoms with E-state index >= 15 is 0 Å². The lowest BCUT2D eigenvalue weighted by Crippen LogP contribution is -2.21. The third-order valence-corrected chi connectivity index (χ3v) is 2.98. The third kappa shape index (κ3) is 3.16. The van der Waals surface area contributed by atoms with Crippen molar-refractivity contribution in [2.75, 3.05) is 7.11 Å². The fraction of sp³-hybridized carbons (Fsp3) is 0.200. The van der Waals surface area contributed by atoms with Crippen LogP contribution < -0.4 is 5.73 Å². The van der Waals surface area contributed by atoms with E-state index in [0.717, 1.165) is 11.6 Å². The van der Waals surface area contributed by atoms with Crippen molar-refractivity contribution >= 4 is 0 Å². The van der Waals surface area contributed by atoms with Crippen molar-refractivity contribution in [1.29, 1.82) is 0 Å². The zero-order valence-electron chi connectivity index (χ0n) is 10.5. The molecule has 0 saturated carbocycles. The Hall–Kier alpha value is -1.78. The van der Waals surface area contributed by atoms with Crippen molar-refractivity contribution < 1.29 is 13.5 Å². The fourth-order valence-electron chi connectivity index (χ4n) is 2.08. The number of ether oxygens (including phenoxy) is 1. The molecule has 0 spiro atoms. The molecular weight excluding hydrogens is 248 g/mol. The van der Waals surface area contributed by atoms with Crippen molar-refractivity contribution in [3.63, 3.8) is 0 Å². The predicted octanol–water partition coefficient (Wildman–Crippen LogP) is 3.35. The minimum atomic E-state index is -0.645. The van der Waals surface area contributed by atoms with Gasteiger partial charge in [-0.3, -0.25) is 0 Å². The number of hydrogen-bond acceptors (Lipinski definition) is 2. The molecule has 0 aromatic heterocycles. The Morgan fingerprint density at radius 1 is 0.947 bits per heavy atom. The highest BCUT2D eigenvalue weighted by Gasteiger charge is 2.21. The van der Waals surface area contributed by atoms with Crippen molar-refractivity contribution in [2.24, 2.45) is 5.73 Å². The molecule has 0 aliphatic rings. The summed E-state index contributed by atoms with van der Waals surface area (Å²) >= 11 is 0. The van der Waals surface area contributed by atoms with E-state index < -0.39 is 23.8 Å². The van der Waals surface area contributed by atoms with E-state index in [0.29, 0.717) is 5.56 Å². The maximum atomic E-state index is 13.2. The molecule has 19 heavy (non-hydrogen) atoms. The number of methoxy groups -OCH3 is 1. The topological polar surface area (TPSA) is 35.2 Å². The molecule has 2 aromatic rings. The van der Waals surface area contributed by atoms with Gasteiger partial charge in [-0.1, -0.05) is 30.3 Å².